The second-order valence-corrected chi connectivity index (χ2v) is 5.67. The van der Waals surface area contributed by atoms with Crippen molar-refractivity contribution in [3.8, 4) is 0 Å². The first kappa shape index (κ1) is 15.6. The van der Waals surface area contributed by atoms with Crippen LogP contribution in [0.4, 0.5) is 13.2 Å². The van der Waals surface area contributed by atoms with E-state index in [2.05, 4.69) is 4.90 Å². The van der Waals surface area contributed by atoms with Crippen LogP contribution >= 0.6 is 11.6 Å². The average Bonchev–Trinajstić information content (AvgIpc) is 2.33. The molecule has 112 valence electrons. The molecule has 20 heavy (non-hydrogen) atoms. The Hall–Kier alpha value is -0.740. The maximum absolute atomic E-state index is 12.5. The summed E-state index contributed by atoms with van der Waals surface area (Å²) in [5.74, 6) is 0.621. The smallest absolute Gasteiger partial charge is 0.296 e. The number of hydrogen-bond donors (Lipinski definition) is 0. The van der Waals surface area contributed by atoms with E-state index in [0.717, 1.165) is 30.7 Å². The van der Waals surface area contributed by atoms with Gasteiger partial charge in [-0.2, -0.15) is 13.2 Å². The first-order valence-corrected chi connectivity index (χ1v) is 7.50. The Morgan fingerprint density at radius 2 is 1.80 bits per heavy atom. The number of hydrogen-bond acceptors (Lipinski definition) is 1. The Morgan fingerprint density at radius 1 is 1.15 bits per heavy atom. The molecule has 1 fully saturated rings. The zero-order valence-corrected chi connectivity index (χ0v) is 12.1. The molecular formula is C15H19ClF3N. The number of alkyl halides is 4. The molecule has 0 radical (unpaired) electrons. The fourth-order valence-electron chi connectivity index (χ4n) is 2.44. The minimum absolute atomic E-state index is 0.570. The number of rotatable bonds is 6. The third-order valence-electron chi connectivity index (χ3n) is 3.84. The van der Waals surface area contributed by atoms with Gasteiger partial charge in [-0.05, 0) is 43.5 Å². The third-order valence-corrected chi connectivity index (χ3v) is 4.10. The van der Waals surface area contributed by atoms with E-state index >= 15 is 0 Å². The van der Waals surface area contributed by atoms with Crippen LogP contribution in [0.2, 0.25) is 0 Å². The van der Waals surface area contributed by atoms with Crippen molar-refractivity contribution in [3.05, 3.63) is 35.4 Å². The number of halogens is 4. The lowest BCUT2D eigenvalue weighted by Crippen LogP contribution is -2.40. The molecule has 1 aliphatic carbocycles. The Balaban J connectivity index is 1.98. The summed E-state index contributed by atoms with van der Waals surface area (Å²) in [6.45, 7) is 1.62. The highest BCUT2D eigenvalue weighted by Gasteiger charge is 2.30. The number of nitrogens with zero attached hydrogens (tertiary/aromatic N) is 1. The fourth-order valence-corrected chi connectivity index (χ4v) is 2.56. The maximum atomic E-state index is 12.5. The van der Waals surface area contributed by atoms with Gasteiger partial charge in [0.25, 0.3) is 0 Å². The summed E-state index contributed by atoms with van der Waals surface area (Å²) in [6.07, 6.45) is 0.268. The van der Waals surface area contributed by atoms with Crippen molar-refractivity contribution in [2.75, 3.05) is 12.4 Å². The highest BCUT2D eigenvalue weighted by Crippen LogP contribution is 2.30. The van der Waals surface area contributed by atoms with Gasteiger partial charge in [0.2, 0.25) is 0 Å². The SMILES string of the molecule is FC(F)(F)c1ccc(CN(CCCCl)C2CCC2)cc1. The van der Waals surface area contributed by atoms with Crippen LogP contribution in [0.1, 0.15) is 36.8 Å². The van der Waals surface area contributed by atoms with Crippen molar-refractivity contribution in [1.82, 2.24) is 4.90 Å². The predicted molar refractivity (Wildman–Crippen MR) is 74.8 cm³/mol. The Bertz CT molecular complexity index is 412. The van der Waals surface area contributed by atoms with E-state index in [0.29, 0.717) is 18.5 Å². The Kier molecular flexibility index (Phi) is 5.33. The van der Waals surface area contributed by atoms with Gasteiger partial charge in [-0.3, -0.25) is 4.90 Å². The van der Waals surface area contributed by atoms with Gasteiger partial charge < -0.3 is 0 Å². The summed E-state index contributed by atoms with van der Waals surface area (Å²) < 4.78 is 37.5. The molecule has 0 spiro atoms. The van der Waals surface area contributed by atoms with Gasteiger partial charge in [0.1, 0.15) is 0 Å². The Labute approximate surface area is 122 Å². The van der Waals surface area contributed by atoms with E-state index in [1.54, 1.807) is 12.1 Å². The predicted octanol–water partition coefficient (Wildman–Crippen LogP) is 4.69. The van der Waals surface area contributed by atoms with Crippen molar-refractivity contribution < 1.29 is 13.2 Å². The topological polar surface area (TPSA) is 3.24 Å². The molecule has 0 saturated heterocycles. The Morgan fingerprint density at radius 3 is 2.25 bits per heavy atom. The molecule has 0 aliphatic heterocycles. The maximum Gasteiger partial charge on any atom is 0.416 e. The van der Waals surface area contributed by atoms with Crippen molar-refractivity contribution in [1.29, 1.82) is 0 Å². The molecule has 1 nitrogen and oxygen atoms in total. The summed E-state index contributed by atoms with van der Waals surface area (Å²) in [5.41, 5.74) is 0.344. The summed E-state index contributed by atoms with van der Waals surface area (Å²) in [7, 11) is 0. The van der Waals surface area contributed by atoms with Gasteiger partial charge in [-0.25, -0.2) is 0 Å². The van der Waals surface area contributed by atoms with Crippen LogP contribution in [0, 0.1) is 0 Å². The zero-order chi connectivity index (χ0) is 14.6. The highest BCUT2D eigenvalue weighted by molar-refractivity contribution is 6.17. The standard InChI is InChI=1S/C15H19ClF3N/c16-9-2-10-20(14-3-1-4-14)11-12-5-7-13(8-6-12)15(17,18)19/h5-8,14H,1-4,9-11H2. The van der Waals surface area contributed by atoms with Gasteiger partial charge in [0.15, 0.2) is 0 Å². The van der Waals surface area contributed by atoms with Crippen molar-refractivity contribution in [2.45, 2.75) is 44.4 Å². The van der Waals surface area contributed by atoms with Crippen LogP contribution in [-0.2, 0) is 12.7 Å². The normalized spacial score (nSPS) is 16.4. The van der Waals surface area contributed by atoms with Crippen LogP contribution < -0.4 is 0 Å². The lowest BCUT2D eigenvalue weighted by Gasteiger charge is -2.37. The lowest BCUT2D eigenvalue weighted by atomic mass is 9.91. The van der Waals surface area contributed by atoms with Gasteiger partial charge in [-0.15, -0.1) is 11.6 Å². The molecule has 2 rings (SSSR count). The molecule has 0 heterocycles. The van der Waals surface area contributed by atoms with E-state index in [1.807, 2.05) is 0 Å². The van der Waals surface area contributed by atoms with E-state index in [4.69, 9.17) is 11.6 Å². The first-order chi connectivity index (χ1) is 9.50. The van der Waals surface area contributed by atoms with Crippen molar-refractivity contribution >= 4 is 11.6 Å². The van der Waals surface area contributed by atoms with E-state index in [9.17, 15) is 13.2 Å². The van der Waals surface area contributed by atoms with Gasteiger partial charge in [0, 0.05) is 18.5 Å². The monoisotopic (exact) mass is 305 g/mol. The van der Waals surface area contributed by atoms with Gasteiger partial charge in [-0.1, -0.05) is 18.6 Å². The van der Waals surface area contributed by atoms with Crippen molar-refractivity contribution in [2.24, 2.45) is 0 Å². The highest BCUT2D eigenvalue weighted by atomic mass is 35.5. The van der Waals surface area contributed by atoms with E-state index in [1.165, 1.54) is 19.3 Å². The summed E-state index contributed by atoms with van der Waals surface area (Å²) in [4.78, 5) is 2.34. The van der Waals surface area contributed by atoms with Crippen LogP contribution in [0.25, 0.3) is 0 Å². The molecule has 0 amide bonds. The van der Waals surface area contributed by atoms with Crippen LogP contribution in [0.5, 0.6) is 0 Å². The molecular weight excluding hydrogens is 287 g/mol. The molecule has 0 unspecified atom stereocenters. The molecule has 1 aromatic carbocycles. The number of benzene rings is 1. The van der Waals surface area contributed by atoms with Crippen molar-refractivity contribution in [3.63, 3.8) is 0 Å². The zero-order valence-electron chi connectivity index (χ0n) is 11.3. The van der Waals surface area contributed by atoms with E-state index in [-0.39, 0.29) is 0 Å². The largest absolute Gasteiger partial charge is 0.416 e. The molecule has 0 atom stereocenters. The minimum atomic E-state index is -4.26. The van der Waals surface area contributed by atoms with Crippen LogP contribution in [0.3, 0.4) is 0 Å². The molecule has 1 saturated carbocycles. The minimum Gasteiger partial charge on any atom is -0.296 e. The first-order valence-electron chi connectivity index (χ1n) is 6.97. The molecule has 1 aliphatic rings. The summed E-state index contributed by atoms with van der Waals surface area (Å²) in [5, 5.41) is 0. The quantitative estimate of drug-likeness (QED) is 0.689. The molecule has 0 aromatic heterocycles. The summed E-state index contributed by atoms with van der Waals surface area (Å²) >= 11 is 5.73. The lowest BCUT2D eigenvalue weighted by molar-refractivity contribution is -0.137. The second kappa shape index (κ2) is 6.81. The second-order valence-electron chi connectivity index (χ2n) is 5.29. The average molecular weight is 306 g/mol. The third kappa shape index (κ3) is 4.13. The van der Waals surface area contributed by atoms with Gasteiger partial charge in [0.05, 0.1) is 5.56 Å². The molecule has 0 N–H and O–H groups in total. The fraction of sp³-hybridized carbons (Fsp3) is 0.600. The summed E-state index contributed by atoms with van der Waals surface area (Å²) in [6, 6.07) is 6.05. The van der Waals surface area contributed by atoms with Crippen LogP contribution in [0.15, 0.2) is 24.3 Å². The molecule has 5 heteroatoms. The van der Waals surface area contributed by atoms with Gasteiger partial charge >= 0.3 is 6.18 Å². The molecule has 1 aromatic rings. The molecule has 0 bridgehead atoms. The van der Waals surface area contributed by atoms with E-state index < -0.39 is 11.7 Å². The van der Waals surface area contributed by atoms with Crippen LogP contribution in [-0.4, -0.2) is 23.4 Å².